The quantitative estimate of drug-likeness (QED) is 0.858. The molecule has 1 N–H and O–H groups in total. The zero-order chi connectivity index (χ0) is 15.1. The number of nitrogens with one attached hydrogen (secondary N) is 1. The number of hydrogen-bond acceptors (Lipinski definition) is 4. The number of anilines is 1. The Labute approximate surface area is 123 Å². The van der Waals surface area contributed by atoms with Gasteiger partial charge in [-0.25, -0.2) is 0 Å². The van der Waals surface area contributed by atoms with Gasteiger partial charge in [0.05, 0.1) is 19.9 Å². The highest BCUT2D eigenvalue weighted by molar-refractivity contribution is 6.02. The van der Waals surface area contributed by atoms with Gasteiger partial charge in [-0.2, -0.15) is 0 Å². The van der Waals surface area contributed by atoms with Crippen LogP contribution < -0.4 is 14.8 Å². The lowest BCUT2D eigenvalue weighted by molar-refractivity contribution is -0.111. The number of aromatic nitrogens is 1. The average Bonchev–Trinajstić information content (AvgIpc) is 2.54. The second kappa shape index (κ2) is 7.09. The Morgan fingerprint density at radius 2 is 2.10 bits per heavy atom. The molecule has 1 aromatic heterocycles. The van der Waals surface area contributed by atoms with E-state index < -0.39 is 0 Å². The molecule has 108 valence electrons. The van der Waals surface area contributed by atoms with Gasteiger partial charge in [0.2, 0.25) is 5.91 Å². The van der Waals surface area contributed by atoms with Gasteiger partial charge < -0.3 is 14.8 Å². The van der Waals surface area contributed by atoms with Gasteiger partial charge in [0, 0.05) is 24.5 Å². The van der Waals surface area contributed by atoms with E-state index in [-0.39, 0.29) is 5.91 Å². The van der Waals surface area contributed by atoms with Crippen molar-refractivity contribution >= 4 is 17.7 Å². The summed E-state index contributed by atoms with van der Waals surface area (Å²) in [5, 5.41) is 2.76. The fourth-order valence-corrected chi connectivity index (χ4v) is 1.72. The number of benzene rings is 1. The first kappa shape index (κ1) is 14.6. The maximum absolute atomic E-state index is 11.9. The topological polar surface area (TPSA) is 60.5 Å². The SMILES string of the molecule is COc1ccc(NC(=O)/C=C/c2cccnc2)c(OC)c1. The molecular formula is C16H16N2O3. The number of amides is 1. The summed E-state index contributed by atoms with van der Waals surface area (Å²) in [4.78, 5) is 15.9. The molecule has 0 radical (unpaired) electrons. The molecule has 0 aliphatic rings. The third-order valence-electron chi connectivity index (χ3n) is 2.78. The zero-order valence-electron chi connectivity index (χ0n) is 11.9. The van der Waals surface area contributed by atoms with E-state index in [1.807, 2.05) is 12.1 Å². The summed E-state index contributed by atoms with van der Waals surface area (Å²) in [7, 11) is 3.11. The maximum atomic E-state index is 11.9. The van der Waals surface area contributed by atoms with Crippen molar-refractivity contribution < 1.29 is 14.3 Å². The predicted octanol–water partition coefficient (Wildman–Crippen LogP) is 2.75. The van der Waals surface area contributed by atoms with E-state index in [0.29, 0.717) is 17.2 Å². The lowest BCUT2D eigenvalue weighted by Gasteiger charge is -2.10. The monoisotopic (exact) mass is 284 g/mol. The molecule has 0 atom stereocenters. The van der Waals surface area contributed by atoms with Gasteiger partial charge in [0.1, 0.15) is 11.5 Å². The number of hydrogen-bond donors (Lipinski definition) is 1. The van der Waals surface area contributed by atoms with Crippen LogP contribution in [0.2, 0.25) is 0 Å². The number of ether oxygens (including phenoxy) is 2. The van der Waals surface area contributed by atoms with Crippen LogP contribution in [0.4, 0.5) is 5.69 Å². The van der Waals surface area contributed by atoms with Crippen molar-refractivity contribution in [3.05, 3.63) is 54.4 Å². The van der Waals surface area contributed by atoms with Crippen LogP contribution in [0.5, 0.6) is 11.5 Å². The van der Waals surface area contributed by atoms with Crippen LogP contribution in [0.3, 0.4) is 0 Å². The van der Waals surface area contributed by atoms with Crippen molar-refractivity contribution in [1.82, 2.24) is 4.98 Å². The number of rotatable bonds is 5. The second-order valence-corrected chi connectivity index (χ2v) is 4.18. The molecule has 0 saturated carbocycles. The van der Waals surface area contributed by atoms with E-state index in [9.17, 15) is 4.79 Å². The molecule has 2 rings (SSSR count). The fraction of sp³-hybridized carbons (Fsp3) is 0.125. The number of carbonyl (C=O) groups is 1. The molecule has 1 amide bonds. The van der Waals surface area contributed by atoms with E-state index in [4.69, 9.17) is 9.47 Å². The van der Waals surface area contributed by atoms with Crippen molar-refractivity contribution in [3.63, 3.8) is 0 Å². The minimum Gasteiger partial charge on any atom is -0.497 e. The number of nitrogens with zero attached hydrogens (tertiary/aromatic N) is 1. The van der Waals surface area contributed by atoms with Crippen LogP contribution in [0.25, 0.3) is 6.08 Å². The summed E-state index contributed by atoms with van der Waals surface area (Å²) in [6, 6.07) is 8.87. The third-order valence-corrected chi connectivity index (χ3v) is 2.78. The van der Waals surface area contributed by atoms with Crippen molar-refractivity contribution in [3.8, 4) is 11.5 Å². The molecule has 5 nitrogen and oxygen atoms in total. The lowest BCUT2D eigenvalue weighted by Crippen LogP contribution is -2.09. The number of methoxy groups -OCH3 is 2. The number of pyridine rings is 1. The van der Waals surface area contributed by atoms with E-state index in [1.54, 1.807) is 43.8 Å². The summed E-state index contributed by atoms with van der Waals surface area (Å²) in [6.07, 6.45) is 6.50. The molecule has 5 heteroatoms. The minimum absolute atomic E-state index is 0.248. The van der Waals surface area contributed by atoms with Crippen LogP contribution in [-0.4, -0.2) is 25.1 Å². The summed E-state index contributed by atoms with van der Waals surface area (Å²) >= 11 is 0. The normalized spacial score (nSPS) is 10.4. The first-order valence-corrected chi connectivity index (χ1v) is 6.34. The first-order valence-electron chi connectivity index (χ1n) is 6.34. The minimum atomic E-state index is -0.248. The molecule has 0 aliphatic heterocycles. The van der Waals surface area contributed by atoms with Crippen molar-refractivity contribution in [2.24, 2.45) is 0 Å². The van der Waals surface area contributed by atoms with E-state index in [2.05, 4.69) is 10.3 Å². The van der Waals surface area contributed by atoms with Gasteiger partial charge in [-0.3, -0.25) is 9.78 Å². The van der Waals surface area contributed by atoms with Crippen molar-refractivity contribution in [2.75, 3.05) is 19.5 Å². The average molecular weight is 284 g/mol. The lowest BCUT2D eigenvalue weighted by atomic mass is 10.2. The molecule has 0 unspecified atom stereocenters. The van der Waals surface area contributed by atoms with Crippen LogP contribution in [0, 0.1) is 0 Å². The van der Waals surface area contributed by atoms with Gasteiger partial charge >= 0.3 is 0 Å². The van der Waals surface area contributed by atoms with Crippen molar-refractivity contribution in [1.29, 1.82) is 0 Å². The third kappa shape index (κ3) is 4.07. The summed E-state index contributed by atoms with van der Waals surface area (Å²) < 4.78 is 10.3. The molecule has 21 heavy (non-hydrogen) atoms. The van der Waals surface area contributed by atoms with Crippen LogP contribution in [0.15, 0.2) is 48.8 Å². The highest BCUT2D eigenvalue weighted by Crippen LogP contribution is 2.28. The summed E-state index contributed by atoms with van der Waals surface area (Å²) in [6.45, 7) is 0. The van der Waals surface area contributed by atoms with E-state index in [1.165, 1.54) is 13.2 Å². The molecule has 1 heterocycles. The molecule has 0 spiro atoms. The Kier molecular flexibility index (Phi) is 4.93. The maximum Gasteiger partial charge on any atom is 0.248 e. The van der Waals surface area contributed by atoms with Gasteiger partial charge in [-0.05, 0) is 29.8 Å². The molecular weight excluding hydrogens is 268 g/mol. The molecule has 0 fully saturated rings. The first-order chi connectivity index (χ1) is 10.2. The highest BCUT2D eigenvalue weighted by Gasteiger charge is 2.06. The zero-order valence-corrected chi connectivity index (χ0v) is 11.9. The van der Waals surface area contributed by atoms with Gasteiger partial charge in [0.15, 0.2) is 0 Å². The molecule has 0 saturated heterocycles. The standard InChI is InChI=1S/C16H16N2O3/c1-20-13-6-7-14(15(10-13)21-2)18-16(19)8-5-12-4-3-9-17-11-12/h3-11H,1-2H3,(H,18,19)/b8-5+. The Morgan fingerprint density at radius 1 is 1.24 bits per heavy atom. The van der Waals surface area contributed by atoms with Crippen molar-refractivity contribution in [2.45, 2.75) is 0 Å². The predicted molar refractivity (Wildman–Crippen MR) is 81.4 cm³/mol. The number of carbonyl (C=O) groups excluding carboxylic acids is 1. The largest absolute Gasteiger partial charge is 0.497 e. The van der Waals surface area contributed by atoms with E-state index >= 15 is 0 Å². The fourth-order valence-electron chi connectivity index (χ4n) is 1.72. The summed E-state index contributed by atoms with van der Waals surface area (Å²) in [5.41, 5.74) is 1.44. The molecule has 0 aliphatic carbocycles. The van der Waals surface area contributed by atoms with Crippen LogP contribution >= 0.6 is 0 Å². The second-order valence-electron chi connectivity index (χ2n) is 4.18. The Hall–Kier alpha value is -2.82. The Bertz CT molecular complexity index is 639. The van der Waals surface area contributed by atoms with Gasteiger partial charge in [0.25, 0.3) is 0 Å². The van der Waals surface area contributed by atoms with Crippen LogP contribution in [0.1, 0.15) is 5.56 Å². The molecule has 2 aromatic rings. The van der Waals surface area contributed by atoms with Crippen LogP contribution in [-0.2, 0) is 4.79 Å². The molecule has 0 bridgehead atoms. The highest BCUT2D eigenvalue weighted by atomic mass is 16.5. The Balaban J connectivity index is 2.07. The van der Waals surface area contributed by atoms with Gasteiger partial charge in [-0.1, -0.05) is 6.07 Å². The smallest absolute Gasteiger partial charge is 0.248 e. The summed E-state index contributed by atoms with van der Waals surface area (Å²) in [5.74, 6) is 0.954. The Morgan fingerprint density at radius 3 is 2.76 bits per heavy atom. The van der Waals surface area contributed by atoms with E-state index in [0.717, 1.165) is 5.56 Å². The van der Waals surface area contributed by atoms with Gasteiger partial charge in [-0.15, -0.1) is 0 Å². The molecule has 1 aromatic carbocycles.